The Hall–Kier alpha value is -1.77. The predicted molar refractivity (Wildman–Crippen MR) is 83.7 cm³/mol. The van der Waals surface area contributed by atoms with Gasteiger partial charge in [0.15, 0.2) is 0 Å². The zero-order valence-electron chi connectivity index (χ0n) is 12.6. The van der Waals surface area contributed by atoms with E-state index in [9.17, 15) is 4.79 Å². The van der Waals surface area contributed by atoms with Gasteiger partial charge in [-0.2, -0.15) is 0 Å². The third-order valence-electron chi connectivity index (χ3n) is 3.98. The number of amides is 1. The Bertz CT molecular complexity index is 573. The number of aromatic amines is 1. The monoisotopic (exact) mass is 272 g/mol. The molecule has 2 aromatic rings. The summed E-state index contributed by atoms with van der Waals surface area (Å²) in [6, 6.07) is 8.13. The molecule has 1 N–H and O–H groups in total. The van der Waals surface area contributed by atoms with Crippen molar-refractivity contribution in [2.24, 2.45) is 5.92 Å². The summed E-state index contributed by atoms with van der Waals surface area (Å²) in [6.45, 7) is 8.06. The first-order valence-corrected chi connectivity index (χ1v) is 7.48. The molecule has 3 heteroatoms. The SMILES string of the molecule is CCC(C)CN(CC)C(=O)Cc1c[nH]c2ccccc12. The molecule has 0 spiro atoms. The highest BCUT2D eigenvalue weighted by Gasteiger charge is 2.16. The van der Waals surface area contributed by atoms with Crippen LogP contribution in [0.4, 0.5) is 0 Å². The number of aromatic nitrogens is 1. The number of carbonyl (C=O) groups excluding carboxylic acids is 1. The van der Waals surface area contributed by atoms with Gasteiger partial charge in [0.2, 0.25) is 5.91 Å². The minimum Gasteiger partial charge on any atom is -0.361 e. The van der Waals surface area contributed by atoms with Crippen LogP contribution in [0.2, 0.25) is 0 Å². The number of benzene rings is 1. The normalized spacial score (nSPS) is 12.6. The fraction of sp³-hybridized carbons (Fsp3) is 0.471. The lowest BCUT2D eigenvalue weighted by Gasteiger charge is -2.24. The smallest absolute Gasteiger partial charge is 0.227 e. The van der Waals surface area contributed by atoms with E-state index in [2.05, 4.69) is 31.8 Å². The summed E-state index contributed by atoms with van der Waals surface area (Å²) in [5, 5.41) is 1.15. The van der Waals surface area contributed by atoms with Crippen LogP contribution in [0.25, 0.3) is 10.9 Å². The minimum absolute atomic E-state index is 0.220. The third-order valence-corrected chi connectivity index (χ3v) is 3.98. The lowest BCUT2D eigenvalue weighted by Crippen LogP contribution is -2.35. The van der Waals surface area contributed by atoms with Crippen molar-refractivity contribution >= 4 is 16.8 Å². The number of hydrogen-bond acceptors (Lipinski definition) is 1. The van der Waals surface area contributed by atoms with Crippen LogP contribution in [0.3, 0.4) is 0 Å². The van der Waals surface area contributed by atoms with E-state index in [1.54, 1.807) is 0 Å². The first kappa shape index (κ1) is 14.6. The van der Waals surface area contributed by atoms with E-state index in [0.717, 1.165) is 36.0 Å². The van der Waals surface area contributed by atoms with Gasteiger partial charge in [0, 0.05) is 30.2 Å². The summed E-state index contributed by atoms with van der Waals surface area (Å²) in [6.07, 6.45) is 3.55. The van der Waals surface area contributed by atoms with Gasteiger partial charge in [0.05, 0.1) is 6.42 Å². The van der Waals surface area contributed by atoms with Crippen LogP contribution < -0.4 is 0 Å². The van der Waals surface area contributed by atoms with Gasteiger partial charge in [-0.25, -0.2) is 0 Å². The van der Waals surface area contributed by atoms with E-state index in [4.69, 9.17) is 0 Å². The molecule has 1 unspecified atom stereocenters. The molecule has 0 saturated carbocycles. The van der Waals surface area contributed by atoms with E-state index in [1.807, 2.05) is 29.3 Å². The molecule has 1 amide bonds. The maximum absolute atomic E-state index is 12.4. The second-order valence-corrected chi connectivity index (χ2v) is 5.48. The van der Waals surface area contributed by atoms with Crippen molar-refractivity contribution in [1.82, 2.24) is 9.88 Å². The number of nitrogens with one attached hydrogen (secondary N) is 1. The molecule has 20 heavy (non-hydrogen) atoms. The Kier molecular flexibility index (Phi) is 4.83. The van der Waals surface area contributed by atoms with Crippen molar-refractivity contribution < 1.29 is 4.79 Å². The number of hydrogen-bond donors (Lipinski definition) is 1. The van der Waals surface area contributed by atoms with Gasteiger partial charge in [0.1, 0.15) is 0 Å². The third kappa shape index (κ3) is 3.21. The number of carbonyl (C=O) groups is 1. The standard InChI is InChI=1S/C17H24N2O/c1-4-13(3)12-19(5-2)17(20)10-14-11-18-16-9-7-6-8-15(14)16/h6-9,11,13,18H,4-5,10,12H2,1-3H3. The first-order valence-electron chi connectivity index (χ1n) is 7.48. The molecule has 0 aliphatic heterocycles. The molecule has 1 aromatic carbocycles. The van der Waals surface area contributed by atoms with Gasteiger partial charge in [-0.15, -0.1) is 0 Å². The first-order chi connectivity index (χ1) is 9.65. The molecule has 0 saturated heterocycles. The molecule has 1 atom stereocenters. The lowest BCUT2D eigenvalue weighted by atomic mass is 10.1. The number of H-pyrrole nitrogens is 1. The van der Waals surface area contributed by atoms with Crippen molar-refractivity contribution in [3.8, 4) is 0 Å². The molecule has 0 aliphatic carbocycles. The minimum atomic E-state index is 0.220. The van der Waals surface area contributed by atoms with Crippen LogP contribution in [-0.4, -0.2) is 28.9 Å². The second kappa shape index (κ2) is 6.60. The average molecular weight is 272 g/mol. The van der Waals surface area contributed by atoms with Crippen LogP contribution in [0.1, 0.15) is 32.8 Å². The largest absolute Gasteiger partial charge is 0.361 e. The highest BCUT2D eigenvalue weighted by atomic mass is 16.2. The number of rotatable bonds is 6. The van der Waals surface area contributed by atoms with Crippen molar-refractivity contribution in [2.45, 2.75) is 33.6 Å². The number of fused-ring (bicyclic) bond motifs is 1. The number of para-hydroxylation sites is 1. The highest BCUT2D eigenvalue weighted by molar-refractivity contribution is 5.88. The van der Waals surface area contributed by atoms with Gasteiger partial charge in [0.25, 0.3) is 0 Å². The Labute approximate surface area is 121 Å². The summed E-state index contributed by atoms with van der Waals surface area (Å²) < 4.78 is 0. The molecule has 1 heterocycles. The molecule has 0 fully saturated rings. The quantitative estimate of drug-likeness (QED) is 0.857. The highest BCUT2D eigenvalue weighted by Crippen LogP contribution is 2.19. The fourth-order valence-corrected chi connectivity index (χ4v) is 2.47. The molecule has 0 bridgehead atoms. The molecule has 0 aliphatic rings. The molecular weight excluding hydrogens is 248 g/mol. The van der Waals surface area contributed by atoms with Crippen LogP contribution in [0.5, 0.6) is 0 Å². The van der Waals surface area contributed by atoms with Crippen LogP contribution in [0, 0.1) is 5.92 Å². The molecule has 0 radical (unpaired) electrons. The van der Waals surface area contributed by atoms with E-state index in [-0.39, 0.29) is 5.91 Å². The average Bonchev–Trinajstić information content (AvgIpc) is 2.87. The Morgan fingerprint density at radius 1 is 1.30 bits per heavy atom. The summed E-state index contributed by atoms with van der Waals surface area (Å²) in [7, 11) is 0. The Morgan fingerprint density at radius 3 is 2.75 bits per heavy atom. The second-order valence-electron chi connectivity index (χ2n) is 5.48. The van der Waals surface area contributed by atoms with Gasteiger partial charge >= 0.3 is 0 Å². The van der Waals surface area contributed by atoms with Crippen molar-refractivity contribution in [3.05, 3.63) is 36.0 Å². The Morgan fingerprint density at radius 2 is 2.05 bits per heavy atom. The summed E-state index contributed by atoms with van der Waals surface area (Å²) in [4.78, 5) is 17.6. The topological polar surface area (TPSA) is 36.1 Å². The summed E-state index contributed by atoms with van der Waals surface area (Å²) in [5.74, 6) is 0.777. The van der Waals surface area contributed by atoms with Crippen molar-refractivity contribution in [2.75, 3.05) is 13.1 Å². The lowest BCUT2D eigenvalue weighted by molar-refractivity contribution is -0.130. The van der Waals surface area contributed by atoms with E-state index < -0.39 is 0 Å². The Balaban J connectivity index is 2.10. The zero-order valence-corrected chi connectivity index (χ0v) is 12.6. The van der Waals surface area contributed by atoms with Gasteiger partial charge < -0.3 is 9.88 Å². The van der Waals surface area contributed by atoms with Crippen molar-refractivity contribution in [1.29, 1.82) is 0 Å². The van der Waals surface area contributed by atoms with Crippen LogP contribution in [-0.2, 0) is 11.2 Å². The molecular formula is C17H24N2O. The maximum atomic E-state index is 12.4. The van der Waals surface area contributed by atoms with Crippen LogP contribution in [0.15, 0.2) is 30.5 Å². The van der Waals surface area contributed by atoms with E-state index in [1.165, 1.54) is 0 Å². The zero-order chi connectivity index (χ0) is 14.5. The predicted octanol–water partition coefficient (Wildman–Crippen LogP) is 3.61. The van der Waals surface area contributed by atoms with E-state index >= 15 is 0 Å². The van der Waals surface area contributed by atoms with Crippen molar-refractivity contribution in [3.63, 3.8) is 0 Å². The van der Waals surface area contributed by atoms with Crippen LogP contribution >= 0.6 is 0 Å². The van der Waals surface area contributed by atoms with Gasteiger partial charge in [-0.1, -0.05) is 38.5 Å². The summed E-state index contributed by atoms with van der Waals surface area (Å²) >= 11 is 0. The number of likely N-dealkylation sites (N-methyl/N-ethyl adjacent to an activating group) is 1. The molecule has 2 rings (SSSR count). The fourth-order valence-electron chi connectivity index (χ4n) is 2.47. The summed E-state index contributed by atoms with van der Waals surface area (Å²) in [5.41, 5.74) is 2.19. The van der Waals surface area contributed by atoms with E-state index in [0.29, 0.717) is 12.3 Å². The molecule has 108 valence electrons. The number of nitrogens with zero attached hydrogens (tertiary/aromatic N) is 1. The molecule has 1 aromatic heterocycles. The molecule has 3 nitrogen and oxygen atoms in total. The maximum Gasteiger partial charge on any atom is 0.227 e. The van der Waals surface area contributed by atoms with Gasteiger partial charge in [-0.3, -0.25) is 4.79 Å². The van der Waals surface area contributed by atoms with Gasteiger partial charge in [-0.05, 0) is 24.5 Å².